The van der Waals surface area contributed by atoms with Gasteiger partial charge in [0.25, 0.3) is 0 Å². The Bertz CT molecular complexity index is 1320. The maximum Gasteiger partial charge on any atom is 0.175 e. The van der Waals surface area contributed by atoms with Gasteiger partial charge in [0.15, 0.2) is 17.3 Å². The summed E-state index contributed by atoms with van der Waals surface area (Å²) in [4.78, 5) is 13.9. The maximum absolute atomic E-state index is 13.9. The van der Waals surface area contributed by atoms with E-state index in [9.17, 15) is 4.79 Å². The Morgan fingerprint density at radius 1 is 0.795 bits per heavy atom. The fraction of sp³-hybridized carbons (Fsp3) is 0.323. The van der Waals surface area contributed by atoms with Crippen LogP contribution in [0.25, 0.3) is 5.57 Å². The molecule has 6 nitrogen and oxygen atoms in total. The molecule has 0 saturated heterocycles. The van der Waals surface area contributed by atoms with Gasteiger partial charge in [0.2, 0.25) is 0 Å². The molecule has 1 saturated carbocycles. The number of fused-ring (bicyclic) bond motifs is 1. The van der Waals surface area contributed by atoms with Crippen LogP contribution in [0.5, 0.6) is 11.5 Å². The number of carbonyl (C=O) groups is 1. The fourth-order valence-corrected chi connectivity index (χ4v) is 5.37. The molecular formula is C31H30Cl2O6. The minimum absolute atomic E-state index is 0.0178. The van der Waals surface area contributed by atoms with Crippen molar-refractivity contribution in [1.82, 2.24) is 0 Å². The number of hydrogen-bond acceptors (Lipinski definition) is 6. The third kappa shape index (κ3) is 6.42. The molecule has 3 aromatic carbocycles. The van der Waals surface area contributed by atoms with Crippen LogP contribution in [-0.4, -0.2) is 38.3 Å². The Balaban J connectivity index is 1.37. The number of Topliss-reactive ketones (excluding diaryl/α,β-unsaturated/α-hetero) is 1. The lowest BCUT2D eigenvalue weighted by molar-refractivity contribution is -0.151. The van der Waals surface area contributed by atoms with Crippen LogP contribution in [0.1, 0.15) is 29.5 Å². The van der Waals surface area contributed by atoms with Crippen molar-refractivity contribution in [3.05, 3.63) is 99.7 Å². The highest BCUT2D eigenvalue weighted by Crippen LogP contribution is 2.41. The summed E-state index contributed by atoms with van der Waals surface area (Å²) in [6.07, 6.45) is 1.81. The molecule has 204 valence electrons. The predicted octanol–water partition coefficient (Wildman–Crippen LogP) is 6.90. The van der Waals surface area contributed by atoms with Gasteiger partial charge in [-0.1, -0.05) is 53.5 Å². The van der Waals surface area contributed by atoms with Gasteiger partial charge in [-0.05, 0) is 53.1 Å². The van der Waals surface area contributed by atoms with Crippen molar-refractivity contribution in [2.24, 2.45) is 5.92 Å². The number of hydrogen-bond donors (Lipinski definition) is 0. The van der Waals surface area contributed by atoms with Crippen LogP contribution in [0.15, 0.2) is 73.0 Å². The highest BCUT2D eigenvalue weighted by atomic mass is 35.5. The second kappa shape index (κ2) is 12.4. The molecule has 39 heavy (non-hydrogen) atoms. The predicted molar refractivity (Wildman–Crippen MR) is 150 cm³/mol. The normalized spacial score (nSPS) is 22.5. The van der Waals surface area contributed by atoms with Crippen molar-refractivity contribution in [3.8, 4) is 11.5 Å². The Hall–Kier alpha value is -3.03. The molecule has 1 fully saturated rings. The third-order valence-electron chi connectivity index (χ3n) is 7.19. The van der Waals surface area contributed by atoms with Gasteiger partial charge in [-0.2, -0.15) is 0 Å². The van der Waals surface area contributed by atoms with Crippen LogP contribution >= 0.6 is 23.2 Å². The van der Waals surface area contributed by atoms with Crippen LogP contribution in [0.4, 0.5) is 0 Å². The lowest BCUT2D eigenvalue weighted by Gasteiger charge is -2.42. The van der Waals surface area contributed by atoms with E-state index >= 15 is 0 Å². The van der Waals surface area contributed by atoms with Crippen LogP contribution in [-0.2, 0) is 32.2 Å². The van der Waals surface area contributed by atoms with Crippen molar-refractivity contribution in [2.75, 3.05) is 14.2 Å². The van der Waals surface area contributed by atoms with Gasteiger partial charge in [-0.15, -0.1) is 0 Å². The molecule has 3 aromatic rings. The topological polar surface area (TPSA) is 63.2 Å². The molecule has 1 aliphatic carbocycles. The van der Waals surface area contributed by atoms with Gasteiger partial charge >= 0.3 is 0 Å². The van der Waals surface area contributed by atoms with Gasteiger partial charge < -0.3 is 23.7 Å². The standard InChI is InChI=1S/C31H30Cl2O6/c1-35-26-12-7-21(13-27(26)36-2)25-18-39-29-15-24(37-16-19-3-8-22(32)9-4-19)14-28(30(29)31(25)34)38-17-20-5-10-23(33)11-6-20/h3-13,18,24,28-30H,14-17H2,1-2H3. The number of ether oxygens (including phenoxy) is 5. The van der Waals surface area contributed by atoms with Crippen LogP contribution < -0.4 is 9.47 Å². The van der Waals surface area contributed by atoms with E-state index in [1.54, 1.807) is 32.6 Å². The second-order valence-electron chi connectivity index (χ2n) is 9.67. The van der Waals surface area contributed by atoms with Gasteiger partial charge in [-0.25, -0.2) is 0 Å². The molecule has 0 spiro atoms. The first kappa shape index (κ1) is 27.5. The largest absolute Gasteiger partial charge is 0.496 e. The molecule has 4 atom stereocenters. The first-order chi connectivity index (χ1) is 18.9. The maximum atomic E-state index is 13.9. The quantitative estimate of drug-likeness (QED) is 0.280. The Morgan fingerprint density at radius 2 is 1.41 bits per heavy atom. The molecule has 0 aromatic heterocycles. The number of methoxy groups -OCH3 is 2. The molecule has 1 heterocycles. The minimum Gasteiger partial charge on any atom is -0.496 e. The summed E-state index contributed by atoms with van der Waals surface area (Å²) >= 11 is 12.1. The van der Waals surface area contributed by atoms with Crippen molar-refractivity contribution < 1.29 is 28.5 Å². The lowest BCUT2D eigenvalue weighted by Crippen LogP contribution is -2.50. The van der Waals surface area contributed by atoms with Crippen LogP contribution in [0.2, 0.25) is 10.0 Å². The number of carbonyl (C=O) groups excluding carboxylic acids is 1. The zero-order valence-electron chi connectivity index (χ0n) is 21.8. The highest BCUT2D eigenvalue weighted by Gasteiger charge is 2.47. The minimum atomic E-state index is -0.472. The molecule has 8 heteroatoms. The average Bonchev–Trinajstić information content (AvgIpc) is 2.96. The first-order valence-electron chi connectivity index (χ1n) is 12.8. The summed E-state index contributed by atoms with van der Waals surface area (Å²) in [7, 11) is 3.14. The number of ketones is 1. The van der Waals surface area contributed by atoms with E-state index in [0.29, 0.717) is 58.7 Å². The number of benzene rings is 3. The van der Waals surface area contributed by atoms with Gasteiger partial charge in [0.05, 0.1) is 57.4 Å². The van der Waals surface area contributed by atoms with Crippen molar-refractivity contribution >= 4 is 34.6 Å². The van der Waals surface area contributed by atoms with Crippen molar-refractivity contribution in [2.45, 2.75) is 44.4 Å². The van der Waals surface area contributed by atoms with Gasteiger partial charge in [-0.3, -0.25) is 4.79 Å². The number of allylic oxidation sites excluding steroid dienone is 1. The van der Waals surface area contributed by atoms with E-state index in [-0.39, 0.29) is 18.0 Å². The number of rotatable bonds is 9. The molecule has 0 bridgehead atoms. The molecule has 0 N–H and O–H groups in total. The fourth-order valence-electron chi connectivity index (χ4n) is 5.12. The molecule has 0 radical (unpaired) electrons. The third-order valence-corrected chi connectivity index (χ3v) is 7.70. The van der Waals surface area contributed by atoms with E-state index in [1.165, 1.54) is 0 Å². The SMILES string of the molecule is COc1ccc(C2=COC3CC(OCc4ccc(Cl)cc4)CC(OCc4ccc(Cl)cc4)C3C2=O)cc1OC. The Kier molecular flexibility index (Phi) is 8.78. The highest BCUT2D eigenvalue weighted by molar-refractivity contribution is 6.30. The van der Waals surface area contributed by atoms with E-state index in [1.807, 2.05) is 54.6 Å². The van der Waals surface area contributed by atoms with Crippen molar-refractivity contribution in [1.29, 1.82) is 0 Å². The summed E-state index contributed by atoms with van der Waals surface area (Å²) < 4.78 is 29.7. The summed E-state index contributed by atoms with van der Waals surface area (Å²) in [5.41, 5.74) is 3.18. The smallest absolute Gasteiger partial charge is 0.175 e. The van der Waals surface area contributed by atoms with Gasteiger partial charge in [0, 0.05) is 22.9 Å². The van der Waals surface area contributed by atoms with E-state index in [4.69, 9.17) is 46.9 Å². The molecule has 5 rings (SSSR count). The first-order valence-corrected chi connectivity index (χ1v) is 13.5. The van der Waals surface area contributed by atoms with Crippen LogP contribution in [0.3, 0.4) is 0 Å². The van der Waals surface area contributed by atoms with E-state index < -0.39 is 12.0 Å². The van der Waals surface area contributed by atoms with Gasteiger partial charge in [0.1, 0.15) is 6.10 Å². The summed E-state index contributed by atoms with van der Waals surface area (Å²) in [6.45, 7) is 0.779. The number of halogens is 2. The lowest BCUT2D eigenvalue weighted by atomic mass is 9.75. The Labute approximate surface area is 238 Å². The van der Waals surface area contributed by atoms with E-state index in [2.05, 4.69) is 0 Å². The van der Waals surface area contributed by atoms with Crippen molar-refractivity contribution in [3.63, 3.8) is 0 Å². The summed E-state index contributed by atoms with van der Waals surface area (Å²) in [5.74, 6) is 0.642. The second-order valence-corrected chi connectivity index (χ2v) is 10.5. The van der Waals surface area contributed by atoms with E-state index in [0.717, 1.165) is 11.1 Å². The van der Waals surface area contributed by atoms with Crippen LogP contribution in [0, 0.1) is 5.92 Å². The molecule has 1 aliphatic heterocycles. The average molecular weight is 569 g/mol. The summed E-state index contributed by atoms with van der Waals surface area (Å²) in [6, 6.07) is 20.5. The zero-order chi connectivity index (χ0) is 27.4. The summed E-state index contributed by atoms with van der Waals surface area (Å²) in [5, 5.41) is 1.34. The Morgan fingerprint density at radius 3 is 2.03 bits per heavy atom. The molecular weight excluding hydrogens is 539 g/mol. The monoisotopic (exact) mass is 568 g/mol. The zero-order valence-corrected chi connectivity index (χ0v) is 23.3. The molecule has 2 aliphatic rings. The molecule has 4 unspecified atom stereocenters. The molecule has 0 amide bonds.